The van der Waals surface area contributed by atoms with Crippen molar-refractivity contribution in [1.29, 1.82) is 5.26 Å². The Kier molecular flexibility index (Phi) is 1.62. The highest BCUT2D eigenvalue weighted by atomic mass is 16.5. The van der Waals surface area contributed by atoms with Crippen LogP contribution in [0.2, 0.25) is 0 Å². The van der Waals surface area contributed by atoms with Crippen LogP contribution in [0.3, 0.4) is 0 Å². The van der Waals surface area contributed by atoms with Gasteiger partial charge in [-0.05, 0) is 12.8 Å². The lowest BCUT2D eigenvalue weighted by Gasteiger charge is -2.14. The molecule has 1 saturated carbocycles. The van der Waals surface area contributed by atoms with E-state index in [0.717, 1.165) is 24.3 Å². The van der Waals surface area contributed by atoms with Gasteiger partial charge in [0.05, 0.1) is 24.9 Å². The lowest BCUT2D eigenvalue weighted by molar-refractivity contribution is 0.104. The molecule has 1 aromatic heterocycles. The van der Waals surface area contributed by atoms with Crippen LogP contribution in [0.15, 0.2) is 0 Å². The van der Waals surface area contributed by atoms with Crippen LogP contribution in [0, 0.1) is 11.3 Å². The summed E-state index contributed by atoms with van der Waals surface area (Å²) in [6, 6.07) is 2.71. The Hall–Kier alpha value is -1.34. The van der Waals surface area contributed by atoms with E-state index in [2.05, 4.69) is 11.2 Å². The molecule has 2 heterocycles. The zero-order valence-corrected chi connectivity index (χ0v) is 7.86. The highest BCUT2D eigenvalue weighted by molar-refractivity contribution is 5.36. The van der Waals surface area contributed by atoms with Crippen LogP contribution in [-0.2, 0) is 17.8 Å². The summed E-state index contributed by atoms with van der Waals surface area (Å²) in [5.74, 6) is 0. The van der Waals surface area contributed by atoms with Gasteiger partial charge in [0.1, 0.15) is 6.07 Å². The van der Waals surface area contributed by atoms with Gasteiger partial charge in [-0.25, -0.2) is 0 Å². The SMILES string of the molecule is N#Cc1nn(C2CC2)c2c1CCOC2. The van der Waals surface area contributed by atoms with Crippen molar-refractivity contribution in [2.24, 2.45) is 0 Å². The quantitative estimate of drug-likeness (QED) is 0.666. The van der Waals surface area contributed by atoms with Crippen molar-refractivity contribution in [3.63, 3.8) is 0 Å². The van der Waals surface area contributed by atoms with Gasteiger partial charge in [0.2, 0.25) is 0 Å². The van der Waals surface area contributed by atoms with Crippen LogP contribution < -0.4 is 0 Å². The molecule has 0 radical (unpaired) electrons. The Labute approximate surface area is 82.1 Å². The molecule has 14 heavy (non-hydrogen) atoms. The van der Waals surface area contributed by atoms with Gasteiger partial charge < -0.3 is 4.74 Å². The van der Waals surface area contributed by atoms with E-state index in [4.69, 9.17) is 10.00 Å². The van der Waals surface area contributed by atoms with Crippen molar-refractivity contribution in [2.75, 3.05) is 6.61 Å². The van der Waals surface area contributed by atoms with E-state index in [1.165, 1.54) is 12.8 Å². The summed E-state index contributed by atoms with van der Waals surface area (Å²) in [6.45, 7) is 1.35. The summed E-state index contributed by atoms with van der Waals surface area (Å²) in [6.07, 6.45) is 3.23. The van der Waals surface area contributed by atoms with Crippen molar-refractivity contribution >= 4 is 0 Å². The van der Waals surface area contributed by atoms with Gasteiger partial charge in [-0.1, -0.05) is 0 Å². The molecule has 1 aliphatic heterocycles. The Morgan fingerprint density at radius 3 is 3.07 bits per heavy atom. The maximum atomic E-state index is 8.94. The van der Waals surface area contributed by atoms with Crippen LogP contribution in [0.5, 0.6) is 0 Å². The molecule has 1 aliphatic carbocycles. The van der Waals surface area contributed by atoms with E-state index in [1.54, 1.807) is 0 Å². The molecule has 0 atom stereocenters. The van der Waals surface area contributed by atoms with E-state index in [0.29, 0.717) is 18.3 Å². The Morgan fingerprint density at radius 1 is 1.50 bits per heavy atom. The molecule has 4 nitrogen and oxygen atoms in total. The van der Waals surface area contributed by atoms with Gasteiger partial charge in [0.15, 0.2) is 5.69 Å². The molecule has 72 valence electrons. The van der Waals surface area contributed by atoms with Crippen molar-refractivity contribution in [1.82, 2.24) is 9.78 Å². The summed E-state index contributed by atoms with van der Waals surface area (Å²) in [5, 5.41) is 13.3. The smallest absolute Gasteiger partial charge is 0.166 e. The predicted octanol–water partition coefficient (Wildman–Crippen LogP) is 1.16. The van der Waals surface area contributed by atoms with E-state index in [9.17, 15) is 0 Å². The number of fused-ring (bicyclic) bond motifs is 1. The molecule has 0 aromatic carbocycles. The number of hydrogen-bond donors (Lipinski definition) is 0. The molecule has 0 amide bonds. The zero-order chi connectivity index (χ0) is 9.54. The van der Waals surface area contributed by atoms with Gasteiger partial charge >= 0.3 is 0 Å². The fraction of sp³-hybridized carbons (Fsp3) is 0.600. The maximum absolute atomic E-state index is 8.94. The number of aromatic nitrogens is 2. The number of nitriles is 1. The van der Waals surface area contributed by atoms with Gasteiger partial charge in [0.25, 0.3) is 0 Å². The number of nitrogens with zero attached hydrogens (tertiary/aromatic N) is 3. The van der Waals surface area contributed by atoms with Crippen LogP contribution in [-0.4, -0.2) is 16.4 Å². The molecule has 4 heteroatoms. The molecular formula is C10H11N3O. The molecule has 3 rings (SSSR count). The second kappa shape index (κ2) is 2.82. The molecular weight excluding hydrogens is 178 g/mol. The van der Waals surface area contributed by atoms with E-state index >= 15 is 0 Å². The van der Waals surface area contributed by atoms with Crippen LogP contribution in [0.1, 0.15) is 35.8 Å². The Bertz CT molecular complexity index is 412. The van der Waals surface area contributed by atoms with Crippen LogP contribution in [0.25, 0.3) is 0 Å². The van der Waals surface area contributed by atoms with Gasteiger partial charge in [-0.15, -0.1) is 0 Å². The number of rotatable bonds is 1. The second-order valence-electron chi connectivity index (χ2n) is 3.86. The first-order valence-corrected chi connectivity index (χ1v) is 4.98. The summed E-state index contributed by atoms with van der Waals surface area (Å²) >= 11 is 0. The minimum atomic E-state index is 0.535. The van der Waals surface area contributed by atoms with Crippen LogP contribution >= 0.6 is 0 Å². The summed E-state index contributed by atoms with van der Waals surface area (Å²) in [7, 11) is 0. The fourth-order valence-corrected chi connectivity index (χ4v) is 1.97. The lowest BCUT2D eigenvalue weighted by atomic mass is 10.1. The van der Waals surface area contributed by atoms with Crippen molar-refractivity contribution in [2.45, 2.75) is 31.9 Å². The molecule has 0 spiro atoms. The van der Waals surface area contributed by atoms with Gasteiger partial charge in [-0.2, -0.15) is 10.4 Å². The Morgan fingerprint density at radius 2 is 2.36 bits per heavy atom. The molecule has 1 aromatic rings. The number of hydrogen-bond acceptors (Lipinski definition) is 3. The molecule has 1 fully saturated rings. The Balaban J connectivity index is 2.12. The minimum absolute atomic E-state index is 0.535. The second-order valence-corrected chi connectivity index (χ2v) is 3.86. The first-order valence-electron chi connectivity index (χ1n) is 4.98. The summed E-state index contributed by atoms with van der Waals surface area (Å²) < 4.78 is 7.41. The summed E-state index contributed by atoms with van der Waals surface area (Å²) in [4.78, 5) is 0. The monoisotopic (exact) mass is 189 g/mol. The third kappa shape index (κ3) is 1.06. The van der Waals surface area contributed by atoms with E-state index < -0.39 is 0 Å². The average molecular weight is 189 g/mol. The topological polar surface area (TPSA) is 50.8 Å². The lowest BCUT2D eigenvalue weighted by Crippen LogP contribution is -2.13. The standard InChI is InChI=1S/C10H11N3O/c11-5-9-8-3-4-14-6-10(8)13(12-9)7-1-2-7/h7H,1-4,6H2. The molecule has 0 saturated heterocycles. The fourth-order valence-electron chi connectivity index (χ4n) is 1.97. The molecule has 0 N–H and O–H groups in total. The van der Waals surface area contributed by atoms with Crippen molar-refractivity contribution < 1.29 is 4.74 Å². The third-order valence-corrected chi connectivity index (χ3v) is 2.85. The highest BCUT2D eigenvalue weighted by Gasteiger charge is 2.31. The largest absolute Gasteiger partial charge is 0.375 e. The molecule has 2 aliphatic rings. The minimum Gasteiger partial charge on any atom is -0.375 e. The average Bonchev–Trinajstić information content (AvgIpc) is 3.00. The zero-order valence-electron chi connectivity index (χ0n) is 7.86. The summed E-state index contributed by atoms with van der Waals surface area (Å²) in [5.41, 5.74) is 2.86. The highest BCUT2D eigenvalue weighted by Crippen LogP contribution is 2.37. The normalized spacial score (nSPS) is 20.2. The van der Waals surface area contributed by atoms with Gasteiger partial charge in [0, 0.05) is 12.0 Å². The number of ether oxygens (including phenoxy) is 1. The van der Waals surface area contributed by atoms with E-state index in [1.807, 2.05) is 4.68 Å². The predicted molar refractivity (Wildman–Crippen MR) is 48.6 cm³/mol. The van der Waals surface area contributed by atoms with Crippen molar-refractivity contribution in [3.8, 4) is 6.07 Å². The van der Waals surface area contributed by atoms with Gasteiger partial charge in [-0.3, -0.25) is 4.68 Å². The first kappa shape index (κ1) is 8.01. The van der Waals surface area contributed by atoms with Crippen LogP contribution in [0.4, 0.5) is 0 Å². The maximum Gasteiger partial charge on any atom is 0.166 e. The molecule has 0 bridgehead atoms. The van der Waals surface area contributed by atoms with E-state index in [-0.39, 0.29) is 0 Å². The van der Waals surface area contributed by atoms with Crippen molar-refractivity contribution in [3.05, 3.63) is 17.0 Å². The third-order valence-electron chi connectivity index (χ3n) is 2.85. The first-order chi connectivity index (χ1) is 6.90. The molecule has 0 unspecified atom stereocenters.